The third-order valence-corrected chi connectivity index (χ3v) is 2.65. The van der Waals surface area contributed by atoms with Gasteiger partial charge < -0.3 is 0 Å². The molecule has 1 radical (unpaired) electrons. The van der Waals surface area contributed by atoms with Crippen LogP contribution in [0.15, 0.2) is 78.9 Å². The van der Waals surface area contributed by atoms with Crippen molar-refractivity contribution in [1.82, 2.24) is 0 Å². The zero-order valence-electron chi connectivity index (χ0n) is 10.2. The number of rotatable bonds is 4. The fourth-order valence-corrected chi connectivity index (χ4v) is 1.81. The summed E-state index contributed by atoms with van der Waals surface area (Å²) in [6.45, 7) is 5.23. The van der Waals surface area contributed by atoms with Crippen LogP contribution in [0, 0.1) is 6.58 Å². The summed E-state index contributed by atoms with van der Waals surface area (Å²) in [5, 5.41) is 2.54. The first-order valence-electron chi connectivity index (χ1n) is 5.94. The van der Waals surface area contributed by atoms with Gasteiger partial charge in [0.25, 0.3) is 0 Å². The Kier molecular flexibility index (Phi) is 4.32. The number of hydrogen-bond acceptors (Lipinski definition) is 0. The fraction of sp³-hybridized carbons (Fsp3) is 0. The van der Waals surface area contributed by atoms with Crippen LogP contribution in [0.4, 0.5) is 0 Å². The van der Waals surface area contributed by atoms with Crippen LogP contribution in [0.3, 0.4) is 0 Å². The van der Waals surface area contributed by atoms with Crippen molar-refractivity contribution in [3.63, 3.8) is 0 Å². The molecular weight excluding hydrogens is 216 g/mol. The third-order valence-electron chi connectivity index (χ3n) is 2.65. The number of benzene rings is 2. The van der Waals surface area contributed by atoms with E-state index in [2.05, 4.69) is 48.5 Å². The van der Waals surface area contributed by atoms with Crippen molar-refractivity contribution in [3.8, 4) is 0 Å². The van der Waals surface area contributed by atoms with Gasteiger partial charge in [0.2, 0.25) is 0 Å². The second-order valence-electron chi connectivity index (χ2n) is 3.89. The van der Waals surface area contributed by atoms with Gasteiger partial charge >= 0.3 is 0 Å². The van der Waals surface area contributed by atoms with Crippen molar-refractivity contribution < 1.29 is 0 Å². The Bertz CT molecular complexity index is 607. The minimum atomic E-state index is 1.23. The summed E-state index contributed by atoms with van der Waals surface area (Å²) in [6, 6.07) is 14.7. The van der Waals surface area contributed by atoms with Crippen LogP contribution in [-0.2, 0) is 0 Å². The highest BCUT2D eigenvalue weighted by molar-refractivity contribution is 5.90. The van der Waals surface area contributed by atoms with Crippen LogP contribution in [0.25, 0.3) is 16.8 Å². The molecule has 0 bridgehead atoms. The molecule has 2 aromatic carbocycles. The summed E-state index contributed by atoms with van der Waals surface area (Å²) in [5.41, 5.74) is 1.23. The van der Waals surface area contributed by atoms with E-state index in [9.17, 15) is 0 Å². The molecule has 0 spiro atoms. The zero-order chi connectivity index (χ0) is 12.6. The van der Waals surface area contributed by atoms with E-state index in [1.54, 1.807) is 6.08 Å². The molecule has 0 saturated carbocycles. The van der Waals surface area contributed by atoms with E-state index in [0.717, 1.165) is 0 Å². The van der Waals surface area contributed by atoms with Crippen LogP contribution in [-0.4, -0.2) is 0 Å². The minimum Gasteiger partial charge on any atom is -0.0623 e. The van der Waals surface area contributed by atoms with Gasteiger partial charge in [0.1, 0.15) is 0 Å². The van der Waals surface area contributed by atoms with E-state index in [4.69, 9.17) is 6.58 Å². The van der Waals surface area contributed by atoms with E-state index >= 15 is 0 Å². The highest BCUT2D eigenvalue weighted by Gasteiger charge is 1.94. The summed E-state index contributed by atoms with van der Waals surface area (Å²) < 4.78 is 0. The molecule has 0 amide bonds. The Hall–Kier alpha value is -2.34. The third kappa shape index (κ3) is 3.08. The highest BCUT2D eigenvalue weighted by Crippen LogP contribution is 2.19. The molecule has 2 rings (SSSR count). The van der Waals surface area contributed by atoms with Gasteiger partial charge in [-0.05, 0) is 16.3 Å². The van der Waals surface area contributed by atoms with E-state index in [-0.39, 0.29) is 0 Å². The Balaban J connectivity index is 2.21. The number of fused-ring (bicyclic) bond motifs is 1. The average Bonchev–Trinajstić information content (AvgIpc) is 2.43. The average molecular weight is 231 g/mol. The van der Waals surface area contributed by atoms with E-state index in [1.165, 1.54) is 22.4 Å². The molecule has 18 heavy (non-hydrogen) atoms. The standard InChI is InChI=1S/C18H15/c1-2-3-4-5-6-7-11-16-13-10-14-17-12-8-9-15-18(16)17/h1-15H. The van der Waals surface area contributed by atoms with Gasteiger partial charge in [0.15, 0.2) is 0 Å². The molecule has 0 saturated heterocycles. The molecule has 0 aliphatic heterocycles. The molecule has 0 unspecified atom stereocenters. The van der Waals surface area contributed by atoms with Crippen molar-refractivity contribution >= 4 is 16.8 Å². The first-order valence-corrected chi connectivity index (χ1v) is 5.94. The lowest BCUT2D eigenvalue weighted by Gasteiger charge is -2.00. The van der Waals surface area contributed by atoms with Crippen LogP contribution in [0.2, 0.25) is 0 Å². The maximum absolute atomic E-state index is 5.23. The van der Waals surface area contributed by atoms with Gasteiger partial charge in [-0.15, -0.1) is 0 Å². The van der Waals surface area contributed by atoms with Gasteiger partial charge in [-0.2, -0.15) is 0 Å². The molecule has 0 aliphatic carbocycles. The van der Waals surface area contributed by atoms with Crippen LogP contribution < -0.4 is 0 Å². The van der Waals surface area contributed by atoms with Gasteiger partial charge in [-0.25, -0.2) is 0 Å². The Morgan fingerprint density at radius 2 is 1.44 bits per heavy atom. The molecule has 2 aromatic rings. The molecule has 0 aliphatic rings. The molecule has 0 fully saturated rings. The normalized spacial score (nSPS) is 12.0. The lowest BCUT2D eigenvalue weighted by molar-refractivity contribution is 1.71. The predicted molar refractivity (Wildman–Crippen MR) is 80.1 cm³/mol. The molecule has 0 nitrogen and oxygen atoms in total. The summed E-state index contributed by atoms with van der Waals surface area (Å²) in [6.07, 6.45) is 13.3. The molecule has 0 heteroatoms. The van der Waals surface area contributed by atoms with Gasteiger partial charge in [0, 0.05) is 0 Å². The maximum Gasteiger partial charge on any atom is -0.0111 e. The Morgan fingerprint density at radius 3 is 2.33 bits per heavy atom. The van der Waals surface area contributed by atoms with Crippen molar-refractivity contribution in [2.24, 2.45) is 0 Å². The van der Waals surface area contributed by atoms with E-state index in [0.29, 0.717) is 0 Å². The van der Waals surface area contributed by atoms with Crippen molar-refractivity contribution in [3.05, 3.63) is 91.1 Å². The Labute approximate surface area is 108 Å². The predicted octanol–water partition coefficient (Wildman–Crippen LogP) is 4.95. The zero-order valence-corrected chi connectivity index (χ0v) is 10.2. The molecule has 87 valence electrons. The van der Waals surface area contributed by atoms with E-state index in [1.807, 2.05) is 24.3 Å². The monoisotopic (exact) mass is 231 g/mol. The lowest BCUT2D eigenvalue weighted by atomic mass is 10.0. The molecule has 0 aromatic heterocycles. The molecule has 0 N–H and O–H groups in total. The quantitative estimate of drug-likeness (QED) is 0.653. The summed E-state index contributed by atoms with van der Waals surface area (Å²) in [7, 11) is 0. The second kappa shape index (κ2) is 6.41. The van der Waals surface area contributed by atoms with Crippen LogP contribution in [0.1, 0.15) is 5.56 Å². The van der Waals surface area contributed by atoms with Crippen LogP contribution in [0.5, 0.6) is 0 Å². The smallest absolute Gasteiger partial charge is 0.0111 e. The highest BCUT2D eigenvalue weighted by atomic mass is 14.0. The summed E-state index contributed by atoms with van der Waals surface area (Å²) in [5.74, 6) is 0. The number of allylic oxidation sites excluding steroid dienone is 6. The van der Waals surface area contributed by atoms with Crippen molar-refractivity contribution in [2.45, 2.75) is 0 Å². The van der Waals surface area contributed by atoms with Crippen molar-refractivity contribution in [1.29, 1.82) is 0 Å². The second-order valence-corrected chi connectivity index (χ2v) is 3.89. The fourth-order valence-electron chi connectivity index (χ4n) is 1.81. The van der Waals surface area contributed by atoms with E-state index < -0.39 is 0 Å². The topological polar surface area (TPSA) is 0 Å². The maximum atomic E-state index is 5.23. The summed E-state index contributed by atoms with van der Waals surface area (Å²) in [4.78, 5) is 0. The van der Waals surface area contributed by atoms with Crippen molar-refractivity contribution in [2.75, 3.05) is 0 Å². The molecular formula is C18H15. The number of hydrogen-bond donors (Lipinski definition) is 0. The first-order chi connectivity index (χ1) is 8.92. The summed E-state index contributed by atoms with van der Waals surface area (Å²) >= 11 is 0. The van der Waals surface area contributed by atoms with Gasteiger partial charge in [-0.3, -0.25) is 0 Å². The lowest BCUT2D eigenvalue weighted by Crippen LogP contribution is -1.76. The SMILES string of the molecule is [CH]=CC=CC=CC=Cc1cccc2ccccc12. The Morgan fingerprint density at radius 1 is 0.722 bits per heavy atom. The van der Waals surface area contributed by atoms with Gasteiger partial charge in [0.05, 0.1) is 0 Å². The van der Waals surface area contributed by atoms with Gasteiger partial charge in [-0.1, -0.05) is 91.6 Å². The molecule has 0 heterocycles. The van der Waals surface area contributed by atoms with Crippen LogP contribution >= 0.6 is 0 Å². The first kappa shape index (κ1) is 12.1. The molecule has 0 atom stereocenters. The largest absolute Gasteiger partial charge is 0.0623 e. The minimum absolute atomic E-state index is 1.23.